The third-order valence-corrected chi connectivity index (χ3v) is 2.52. The molecule has 0 aliphatic heterocycles. The van der Waals surface area contributed by atoms with Crippen LogP contribution < -0.4 is 11.2 Å². The highest BCUT2D eigenvalue weighted by Crippen LogP contribution is 2.24. The maximum atomic E-state index is 11.5. The molecule has 0 unspecified atom stereocenters. The number of benzene rings is 1. The average Bonchev–Trinajstić information content (AvgIpc) is 2.57. The van der Waals surface area contributed by atoms with Crippen molar-refractivity contribution in [2.24, 2.45) is 0 Å². The van der Waals surface area contributed by atoms with Gasteiger partial charge in [-0.1, -0.05) is 11.6 Å². The molecular formula is C11H8N2O3. The lowest BCUT2D eigenvalue weighted by Crippen LogP contribution is -2.20. The van der Waals surface area contributed by atoms with Gasteiger partial charge in [0, 0.05) is 5.39 Å². The van der Waals surface area contributed by atoms with Crippen LogP contribution in [0.5, 0.6) is 0 Å². The monoisotopic (exact) mass is 216 g/mol. The molecule has 0 aliphatic rings. The lowest BCUT2D eigenvalue weighted by molar-refractivity contribution is 0.660. The number of H-pyrrole nitrogens is 2. The molecule has 3 rings (SSSR count). The standard InChI is InChI=1S/C11H8N2O3/c1-5-2-3-7-6(4-5)8-9(16-7)10(14)13-11(15)12-8/h2-4H,1H3,(H2,12,13,14,15). The highest BCUT2D eigenvalue weighted by atomic mass is 16.3. The highest BCUT2D eigenvalue weighted by Gasteiger charge is 2.10. The van der Waals surface area contributed by atoms with Gasteiger partial charge >= 0.3 is 5.69 Å². The number of aromatic amines is 2. The molecule has 0 radical (unpaired) electrons. The minimum absolute atomic E-state index is 0.153. The number of aryl methyl sites for hydroxylation is 1. The van der Waals surface area contributed by atoms with Crippen LogP contribution in [0.1, 0.15) is 5.56 Å². The fourth-order valence-corrected chi connectivity index (χ4v) is 1.80. The minimum Gasteiger partial charge on any atom is -0.449 e. The van der Waals surface area contributed by atoms with Crippen molar-refractivity contribution in [1.82, 2.24) is 9.97 Å². The second-order valence-electron chi connectivity index (χ2n) is 3.71. The summed E-state index contributed by atoms with van der Waals surface area (Å²) in [4.78, 5) is 27.4. The summed E-state index contributed by atoms with van der Waals surface area (Å²) in [5, 5.41) is 0.748. The quantitative estimate of drug-likeness (QED) is 0.594. The van der Waals surface area contributed by atoms with E-state index in [1.807, 2.05) is 19.1 Å². The van der Waals surface area contributed by atoms with Gasteiger partial charge in [-0.2, -0.15) is 0 Å². The minimum atomic E-state index is -0.526. The predicted octanol–water partition coefficient (Wildman–Crippen LogP) is 1.27. The molecule has 0 bridgehead atoms. The molecule has 16 heavy (non-hydrogen) atoms. The molecule has 0 saturated carbocycles. The van der Waals surface area contributed by atoms with E-state index in [-0.39, 0.29) is 5.58 Å². The Hall–Kier alpha value is -2.30. The zero-order valence-corrected chi connectivity index (χ0v) is 8.46. The summed E-state index contributed by atoms with van der Waals surface area (Å²) in [5.74, 6) is 0. The normalized spacial score (nSPS) is 11.3. The van der Waals surface area contributed by atoms with Crippen molar-refractivity contribution in [2.75, 3.05) is 0 Å². The number of fused-ring (bicyclic) bond motifs is 3. The van der Waals surface area contributed by atoms with Gasteiger partial charge in [-0.25, -0.2) is 4.79 Å². The Labute approximate surface area is 88.7 Å². The molecule has 0 saturated heterocycles. The van der Waals surface area contributed by atoms with Gasteiger partial charge in [0.25, 0.3) is 5.56 Å². The fraction of sp³-hybridized carbons (Fsp3) is 0.0909. The van der Waals surface area contributed by atoms with Gasteiger partial charge < -0.3 is 9.40 Å². The van der Waals surface area contributed by atoms with E-state index in [0.717, 1.165) is 10.9 Å². The molecule has 0 atom stereocenters. The van der Waals surface area contributed by atoms with E-state index in [0.29, 0.717) is 11.1 Å². The maximum absolute atomic E-state index is 11.5. The molecule has 0 aliphatic carbocycles. The lowest BCUT2D eigenvalue weighted by Gasteiger charge is -1.90. The van der Waals surface area contributed by atoms with Crippen LogP contribution in [-0.2, 0) is 0 Å². The largest absolute Gasteiger partial charge is 0.449 e. The van der Waals surface area contributed by atoms with Gasteiger partial charge in [0.15, 0.2) is 0 Å². The van der Waals surface area contributed by atoms with Crippen molar-refractivity contribution in [3.8, 4) is 0 Å². The number of hydrogen-bond donors (Lipinski definition) is 2. The molecule has 3 aromatic rings. The van der Waals surface area contributed by atoms with E-state index in [1.165, 1.54) is 0 Å². The first-order valence-electron chi connectivity index (χ1n) is 4.80. The predicted molar refractivity (Wildman–Crippen MR) is 59.7 cm³/mol. The molecule has 0 fully saturated rings. The Bertz CT molecular complexity index is 807. The topological polar surface area (TPSA) is 78.9 Å². The first-order valence-corrected chi connectivity index (χ1v) is 4.80. The number of aromatic nitrogens is 2. The summed E-state index contributed by atoms with van der Waals surface area (Å²) in [6, 6.07) is 5.54. The Kier molecular flexibility index (Phi) is 1.60. The second-order valence-corrected chi connectivity index (χ2v) is 3.71. The summed E-state index contributed by atoms with van der Waals surface area (Å²) >= 11 is 0. The fourth-order valence-electron chi connectivity index (χ4n) is 1.80. The zero-order valence-electron chi connectivity index (χ0n) is 8.46. The summed E-state index contributed by atoms with van der Waals surface area (Å²) in [6.07, 6.45) is 0. The van der Waals surface area contributed by atoms with Crippen LogP contribution in [-0.4, -0.2) is 9.97 Å². The first kappa shape index (κ1) is 8.96. The van der Waals surface area contributed by atoms with Crippen LogP contribution in [0, 0.1) is 6.92 Å². The molecule has 80 valence electrons. The van der Waals surface area contributed by atoms with E-state index in [2.05, 4.69) is 9.97 Å². The van der Waals surface area contributed by atoms with E-state index >= 15 is 0 Å². The van der Waals surface area contributed by atoms with Crippen LogP contribution >= 0.6 is 0 Å². The van der Waals surface area contributed by atoms with Gasteiger partial charge in [0.05, 0.1) is 0 Å². The highest BCUT2D eigenvalue weighted by molar-refractivity contribution is 6.02. The summed E-state index contributed by atoms with van der Waals surface area (Å²) in [5.41, 5.74) is 1.20. The van der Waals surface area contributed by atoms with Crippen molar-refractivity contribution < 1.29 is 4.42 Å². The number of hydrogen-bond acceptors (Lipinski definition) is 3. The molecular weight excluding hydrogens is 208 g/mol. The average molecular weight is 216 g/mol. The van der Waals surface area contributed by atoms with Gasteiger partial charge in [-0.05, 0) is 19.1 Å². The van der Waals surface area contributed by atoms with E-state index in [1.54, 1.807) is 6.07 Å². The zero-order chi connectivity index (χ0) is 11.3. The van der Waals surface area contributed by atoms with E-state index in [9.17, 15) is 9.59 Å². The Morgan fingerprint density at radius 2 is 2.00 bits per heavy atom. The molecule has 2 heterocycles. The summed E-state index contributed by atoms with van der Waals surface area (Å²) < 4.78 is 5.38. The molecule has 0 spiro atoms. The molecule has 2 N–H and O–H groups in total. The summed E-state index contributed by atoms with van der Waals surface area (Å²) in [7, 11) is 0. The van der Waals surface area contributed by atoms with Crippen LogP contribution in [0.25, 0.3) is 22.1 Å². The van der Waals surface area contributed by atoms with Gasteiger partial charge in [-0.15, -0.1) is 0 Å². The van der Waals surface area contributed by atoms with Crippen molar-refractivity contribution in [3.63, 3.8) is 0 Å². The third kappa shape index (κ3) is 1.11. The number of rotatable bonds is 0. The summed E-state index contributed by atoms with van der Waals surface area (Å²) in [6.45, 7) is 1.93. The van der Waals surface area contributed by atoms with Crippen LogP contribution in [0.4, 0.5) is 0 Å². The van der Waals surface area contributed by atoms with Crippen LogP contribution in [0.3, 0.4) is 0 Å². The molecule has 5 heteroatoms. The van der Waals surface area contributed by atoms with Crippen molar-refractivity contribution in [1.29, 1.82) is 0 Å². The Morgan fingerprint density at radius 3 is 2.81 bits per heavy atom. The Balaban J connectivity index is 2.68. The second kappa shape index (κ2) is 2.85. The van der Waals surface area contributed by atoms with Crippen LogP contribution in [0.2, 0.25) is 0 Å². The molecule has 2 aromatic heterocycles. The smallest absolute Gasteiger partial charge is 0.326 e. The van der Waals surface area contributed by atoms with Crippen LogP contribution in [0.15, 0.2) is 32.2 Å². The van der Waals surface area contributed by atoms with Crippen molar-refractivity contribution in [2.45, 2.75) is 6.92 Å². The van der Waals surface area contributed by atoms with Gasteiger partial charge in [-0.3, -0.25) is 9.78 Å². The van der Waals surface area contributed by atoms with Crippen molar-refractivity contribution in [3.05, 3.63) is 44.6 Å². The Morgan fingerprint density at radius 1 is 1.19 bits per heavy atom. The van der Waals surface area contributed by atoms with E-state index < -0.39 is 11.2 Å². The molecule has 5 nitrogen and oxygen atoms in total. The van der Waals surface area contributed by atoms with Crippen molar-refractivity contribution >= 4 is 22.1 Å². The first-order chi connectivity index (χ1) is 7.65. The molecule has 0 amide bonds. The number of nitrogens with one attached hydrogen (secondary N) is 2. The third-order valence-electron chi connectivity index (χ3n) is 2.52. The van der Waals surface area contributed by atoms with Gasteiger partial charge in [0.1, 0.15) is 11.1 Å². The SMILES string of the molecule is Cc1ccc2oc3c(=O)[nH]c(=O)[nH]c3c2c1. The number of furan rings is 1. The lowest BCUT2D eigenvalue weighted by atomic mass is 10.2. The van der Waals surface area contributed by atoms with E-state index in [4.69, 9.17) is 4.42 Å². The molecule has 1 aromatic carbocycles. The maximum Gasteiger partial charge on any atom is 0.326 e. The van der Waals surface area contributed by atoms with Gasteiger partial charge in [0.2, 0.25) is 5.58 Å².